The third-order valence-electron chi connectivity index (χ3n) is 4.17. The number of urea groups is 1. The Hall–Kier alpha value is -2.68. The highest BCUT2D eigenvalue weighted by molar-refractivity contribution is 7.99. The largest absolute Gasteiger partial charge is 0.335 e. The normalized spacial score (nSPS) is 13.9. The minimum atomic E-state index is -0.446. The van der Waals surface area contributed by atoms with Gasteiger partial charge < -0.3 is 9.88 Å². The van der Waals surface area contributed by atoms with Crippen LogP contribution in [0, 0.1) is 0 Å². The number of imide groups is 1. The van der Waals surface area contributed by atoms with E-state index in [4.69, 9.17) is 0 Å². The van der Waals surface area contributed by atoms with Crippen LogP contribution in [0.25, 0.3) is 22.1 Å². The molecular weight excluding hydrogens is 352 g/mol. The number of hydrogen-bond acceptors (Lipinski definition) is 6. The van der Waals surface area contributed by atoms with Gasteiger partial charge in [0.15, 0.2) is 5.65 Å². The van der Waals surface area contributed by atoms with Gasteiger partial charge in [-0.15, -0.1) is 10.2 Å². The van der Waals surface area contributed by atoms with E-state index < -0.39 is 6.03 Å². The summed E-state index contributed by atoms with van der Waals surface area (Å²) in [5.74, 6) is -0.328. The average molecular weight is 370 g/mol. The molecule has 2 N–H and O–H groups in total. The fourth-order valence-electron chi connectivity index (χ4n) is 2.81. The highest BCUT2D eigenvalue weighted by Gasteiger charge is 2.24. The molecule has 1 aliphatic rings. The first-order valence-electron chi connectivity index (χ1n) is 8.50. The monoisotopic (exact) mass is 370 g/mol. The highest BCUT2D eigenvalue weighted by atomic mass is 32.2. The van der Waals surface area contributed by atoms with Crippen LogP contribution in [-0.4, -0.2) is 43.5 Å². The molecule has 1 aliphatic carbocycles. The molecule has 9 heteroatoms. The van der Waals surface area contributed by atoms with Crippen molar-refractivity contribution >= 4 is 45.8 Å². The maximum atomic E-state index is 11.9. The number of rotatable bonds is 5. The summed E-state index contributed by atoms with van der Waals surface area (Å²) < 4.78 is 2.08. The Morgan fingerprint density at radius 1 is 1.27 bits per heavy atom. The van der Waals surface area contributed by atoms with Crippen LogP contribution in [-0.2, 0) is 11.3 Å². The molecule has 0 radical (unpaired) electrons. The summed E-state index contributed by atoms with van der Waals surface area (Å²) in [6.45, 7) is 2.81. The summed E-state index contributed by atoms with van der Waals surface area (Å²) in [7, 11) is 0. The zero-order valence-electron chi connectivity index (χ0n) is 14.2. The summed E-state index contributed by atoms with van der Waals surface area (Å²) in [5.41, 5.74) is 2.56. The van der Waals surface area contributed by atoms with Crippen molar-refractivity contribution in [3.63, 3.8) is 0 Å². The van der Waals surface area contributed by atoms with Crippen molar-refractivity contribution in [1.82, 2.24) is 30.4 Å². The van der Waals surface area contributed by atoms with Gasteiger partial charge in [0.05, 0.1) is 11.3 Å². The number of benzene rings is 1. The van der Waals surface area contributed by atoms with E-state index in [0.29, 0.717) is 5.16 Å². The van der Waals surface area contributed by atoms with Crippen LogP contribution in [0.5, 0.6) is 0 Å². The van der Waals surface area contributed by atoms with Gasteiger partial charge in [-0.1, -0.05) is 30.0 Å². The Kier molecular flexibility index (Phi) is 4.46. The molecule has 3 aromatic rings. The van der Waals surface area contributed by atoms with Crippen LogP contribution < -0.4 is 10.6 Å². The Labute approximate surface area is 153 Å². The van der Waals surface area contributed by atoms with E-state index in [1.165, 1.54) is 0 Å². The molecule has 1 saturated carbocycles. The summed E-state index contributed by atoms with van der Waals surface area (Å²) >= 11 is 1.16. The second kappa shape index (κ2) is 6.91. The number of fused-ring (bicyclic) bond motifs is 3. The van der Waals surface area contributed by atoms with Crippen LogP contribution in [0.3, 0.4) is 0 Å². The molecule has 0 spiro atoms. The summed E-state index contributed by atoms with van der Waals surface area (Å²) in [4.78, 5) is 28.0. The fraction of sp³-hybridized carbons (Fsp3) is 0.353. The van der Waals surface area contributed by atoms with E-state index in [0.717, 1.165) is 53.2 Å². The number of amides is 3. The molecule has 0 saturated heterocycles. The van der Waals surface area contributed by atoms with Crippen LogP contribution in [0.2, 0.25) is 0 Å². The quantitative estimate of drug-likeness (QED) is 0.667. The fourth-order valence-corrected chi connectivity index (χ4v) is 3.39. The Morgan fingerprint density at radius 2 is 2.08 bits per heavy atom. The molecule has 4 rings (SSSR count). The molecule has 0 unspecified atom stereocenters. The molecule has 0 bridgehead atoms. The lowest BCUT2D eigenvalue weighted by Crippen LogP contribution is -2.41. The second-order valence-electron chi connectivity index (χ2n) is 6.11. The van der Waals surface area contributed by atoms with Gasteiger partial charge in [-0.05, 0) is 25.8 Å². The molecule has 0 aliphatic heterocycles. The van der Waals surface area contributed by atoms with Gasteiger partial charge in [0.2, 0.25) is 11.1 Å². The predicted octanol–water partition coefficient (Wildman–Crippen LogP) is 2.08. The maximum Gasteiger partial charge on any atom is 0.321 e. The predicted molar refractivity (Wildman–Crippen MR) is 98.9 cm³/mol. The van der Waals surface area contributed by atoms with Crippen LogP contribution >= 0.6 is 11.8 Å². The van der Waals surface area contributed by atoms with Crippen molar-refractivity contribution in [2.75, 3.05) is 5.75 Å². The zero-order valence-corrected chi connectivity index (χ0v) is 15.0. The molecule has 1 aromatic carbocycles. The van der Waals surface area contributed by atoms with E-state index in [-0.39, 0.29) is 17.7 Å². The number of nitrogens with zero attached hydrogens (tertiary/aromatic N) is 4. The molecule has 8 nitrogen and oxygen atoms in total. The first kappa shape index (κ1) is 16.8. The number of carbonyl (C=O) groups excluding carboxylic acids is 2. The molecule has 1 fully saturated rings. The van der Waals surface area contributed by atoms with Gasteiger partial charge in [0.1, 0.15) is 5.52 Å². The van der Waals surface area contributed by atoms with E-state index in [1.54, 1.807) is 0 Å². The van der Waals surface area contributed by atoms with Crippen molar-refractivity contribution < 1.29 is 9.59 Å². The third-order valence-corrected chi connectivity index (χ3v) is 5.01. The first-order valence-corrected chi connectivity index (χ1v) is 9.49. The number of carbonyl (C=O) groups is 2. The summed E-state index contributed by atoms with van der Waals surface area (Å²) in [6.07, 6.45) is 1.95. The lowest BCUT2D eigenvalue weighted by atomic mass is 10.2. The molecule has 134 valence electrons. The summed E-state index contributed by atoms with van der Waals surface area (Å²) in [5, 5.41) is 14.9. The van der Waals surface area contributed by atoms with Gasteiger partial charge in [-0.3, -0.25) is 10.1 Å². The number of nitrogens with one attached hydrogen (secondary N) is 2. The van der Waals surface area contributed by atoms with Gasteiger partial charge in [-0.25, -0.2) is 9.78 Å². The van der Waals surface area contributed by atoms with E-state index in [1.807, 2.05) is 31.2 Å². The highest BCUT2D eigenvalue weighted by Crippen LogP contribution is 2.26. The standard InChI is InChI=1S/C17H18N6O2S/c1-2-23-12-6-4-3-5-11(12)14-15(23)20-17(22-21-14)26-9-13(24)19-16(25)18-10-7-8-10/h3-6,10H,2,7-9H2,1H3,(H2,18,19,24,25). The number of aryl methyl sites for hydroxylation is 1. The molecule has 0 atom stereocenters. The molecule has 26 heavy (non-hydrogen) atoms. The molecule has 3 amide bonds. The zero-order chi connectivity index (χ0) is 18.1. The van der Waals surface area contributed by atoms with Crippen LogP contribution in [0.1, 0.15) is 19.8 Å². The first-order chi connectivity index (χ1) is 12.7. The number of hydrogen-bond donors (Lipinski definition) is 2. The molecule has 2 aromatic heterocycles. The lowest BCUT2D eigenvalue weighted by molar-refractivity contribution is -0.117. The van der Waals surface area contributed by atoms with Crippen molar-refractivity contribution in [1.29, 1.82) is 0 Å². The Bertz CT molecular complexity index is 997. The average Bonchev–Trinajstić information content (AvgIpc) is 3.39. The topological polar surface area (TPSA) is 102 Å². The summed E-state index contributed by atoms with van der Waals surface area (Å²) in [6, 6.07) is 7.73. The van der Waals surface area contributed by atoms with Gasteiger partial charge >= 0.3 is 6.03 Å². The number of para-hydroxylation sites is 1. The lowest BCUT2D eigenvalue weighted by Gasteiger charge is -2.05. The second-order valence-corrected chi connectivity index (χ2v) is 7.06. The van der Waals surface area contributed by atoms with Crippen molar-refractivity contribution in [2.45, 2.75) is 37.5 Å². The van der Waals surface area contributed by atoms with Gasteiger partial charge in [0.25, 0.3) is 0 Å². The Morgan fingerprint density at radius 3 is 2.85 bits per heavy atom. The van der Waals surface area contributed by atoms with E-state index >= 15 is 0 Å². The third kappa shape index (κ3) is 3.34. The van der Waals surface area contributed by atoms with Crippen LogP contribution in [0.15, 0.2) is 29.4 Å². The van der Waals surface area contributed by atoms with Crippen molar-refractivity contribution in [3.8, 4) is 0 Å². The van der Waals surface area contributed by atoms with E-state index in [2.05, 4.69) is 30.4 Å². The smallest absolute Gasteiger partial charge is 0.321 e. The van der Waals surface area contributed by atoms with Gasteiger partial charge in [0, 0.05) is 18.0 Å². The van der Waals surface area contributed by atoms with Crippen LogP contribution in [0.4, 0.5) is 4.79 Å². The minimum absolute atomic E-state index is 0.0532. The van der Waals surface area contributed by atoms with Crippen molar-refractivity contribution in [2.24, 2.45) is 0 Å². The number of thioether (sulfide) groups is 1. The SMILES string of the molecule is CCn1c2ccccc2c2nnc(SCC(=O)NC(=O)NC3CC3)nc21. The maximum absolute atomic E-state index is 11.9. The van der Waals surface area contributed by atoms with E-state index in [9.17, 15) is 9.59 Å². The number of aromatic nitrogens is 4. The molecular formula is C17H18N6O2S. The Balaban J connectivity index is 1.49. The van der Waals surface area contributed by atoms with Gasteiger partial charge in [-0.2, -0.15) is 0 Å². The van der Waals surface area contributed by atoms with Crippen molar-refractivity contribution in [3.05, 3.63) is 24.3 Å². The minimum Gasteiger partial charge on any atom is -0.335 e. The molecule has 2 heterocycles.